The second-order valence-electron chi connectivity index (χ2n) is 3.91. The standard InChI is InChI=1S/C14H15N3OS/c1-2-7-15-14(18)11-3-5-12(6-4-11)16-8-13-9-19-10-17-13/h2-6,9-10,16H,1,7-8H2,(H,15,18). The zero-order valence-electron chi connectivity index (χ0n) is 10.4. The maximum Gasteiger partial charge on any atom is 0.251 e. The molecule has 0 unspecified atom stereocenters. The van der Waals surface area contributed by atoms with Crippen LogP contribution in [0.3, 0.4) is 0 Å². The van der Waals surface area contributed by atoms with E-state index in [1.54, 1.807) is 29.5 Å². The highest BCUT2D eigenvalue weighted by atomic mass is 32.1. The number of carbonyl (C=O) groups excluding carboxylic acids is 1. The molecule has 5 heteroatoms. The summed E-state index contributed by atoms with van der Waals surface area (Å²) in [5, 5.41) is 7.99. The van der Waals surface area contributed by atoms with E-state index in [-0.39, 0.29) is 5.91 Å². The lowest BCUT2D eigenvalue weighted by atomic mass is 10.2. The molecule has 0 saturated heterocycles. The van der Waals surface area contributed by atoms with E-state index in [0.29, 0.717) is 18.7 Å². The first kappa shape index (κ1) is 13.3. The van der Waals surface area contributed by atoms with Crippen molar-refractivity contribution in [3.8, 4) is 0 Å². The zero-order chi connectivity index (χ0) is 13.5. The minimum Gasteiger partial charge on any atom is -0.379 e. The van der Waals surface area contributed by atoms with Gasteiger partial charge in [-0.25, -0.2) is 4.98 Å². The summed E-state index contributed by atoms with van der Waals surface area (Å²) in [6, 6.07) is 7.36. The third-order valence-corrected chi connectivity index (χ3v) is 3.15. The largest absolute Gasteiger partial charge is 0.379 e. The van der Waals surface area contributed by atoms with Gasteiger partial charge in [0.2, 0.25) is 0 Å². The molecule has 98 valence electrons. The number of hydrogen-bond donors (Lipinski definition) is 2. The fourth-order valence-corrected chi connectivity index (χ4v) is 2.08. The Labute approximate surface area is 116 Å². The summed E-state index contributed by atoms with van der Waals surface area (Å²) in [5.74, 6) is -0.0917. The SMILES string of the molecule is C=CCNC(=O)c1ccc(NCc2cscn2)cc1. The summed E-state index contributed by atoms with van der Waals surface area (Å²) >= 11 is 1.58. The van der Waals surface area contributed by atoms with Crippen molar-refractivity contribution < 1.29 is 4.79 Å². The van der Waals surface area contributed by atoms with Crippen molar-refractivity contribution in [2.75, 3.05) is 11.9 Å². The maximum absolute atomic E-state index is 11.7. The minimum absolute atomic E-state index is 0.0917. The topological polar surface area (TPSA) is 54.0 Å². The van der Waals surface area contributed by atoms with E-state index in [2.05, 4.69) is 22.2 Å². The van der Waals surface area contributed by atoms with Gasteiger partial charge in [0.1, 0.15) is 0 Å². The molecule has 1 amide bonds. The fourth-order valence-electron chi connectivity index (χ4n) is 1.52. The van der Waals surface area contributed by atoms with Crippen molar-refractivity contribution in [1.29, 1.82) is 0 Å². The fraction of sp³-hybridized carbons (Fsp3) is 0.143. The van der Waals surface area contributed by atoms with Crippen molar-refractivity contribution in [3.05, 3.63) is 59.1 Å². The van der Waals surface area contributed by atoms with Crippen LogP contribution in [0.25, 0.3) is 0 Å². The predicted octanol–water partition coefficient (Wildman–Crippen LogP) is 2.67. The molecule has 1 aromatic carbocycles. The first-order chi connectivity index (χ1) is 9.29. The van der Waals surface area contributed by atoms with E-state index < -0.39 is 0 Å². The van der Waals surface area contributed by atoms with Gasteiger partial charge in [-0.15, -0.1) is 17.9 Å². The maximum atomic E-state index is 11.7. The van der Waals surface area contributed by atoms with Crippen LogP contribution in [0.4, 0.5) is 5.69 Å². The lowest BCUT2D eigenvalue weighted by molar-refractivity contribution is 0.0958. The Hall–Kier alpha value is -2.14. The van der Waals surface area contributed by atoms with Crippen LogP contribution in [0, 0.1) is 0 Å². The number of aromatic nitrogens is 1. The van der Waals surface area contributed by atoms with Crippen LogP contribution in [0.1, 0.15) is 16.1 Å². The van der Waals surface area contributed by atoms with Gasteiger partial charge in [-0.2, -0.15) is 0 Å². The van der Waals surface area contributed by atoms with Gasteiger partial charge >= 0.3 is 0 Å². The van der Waals surface area contributed by atoms with Crippen LogP contribution in [-0.2, 0) is 6.54 Å². The summed E-state index contributed by atoms with van der Waals surface area (Å²) in [7, 11) is 0. The van der Waals surface area contributed by atoms with Gasteiger partial charge in [0.05, 0.1) is 17.7 Å². The number of amides is 1. The molecule has 0 aliphatic heterocycles. The van der Waals surface area contributed by atoms with E-state index in [9.17, 15) is 4.79 Å². The summed E-state index contributed by atoms with van der Waals surface area (Å²) < 4.78 is 0. The van der Waals surface area contributed by atoms with E-state index >= 15 is 0 Å². The number of benzene rings is 1. The number of thiazole rings is 1. The second-order valence-corrected chi connectivity index (χ2v) is 4.63. The van der Waals surface area contributed by atoms with Crippen molar-refractivity contribution in [1.82, 2.24) is 10.3 Å². The molecule has 0 atom stereocenters. The Morgan fingerprint density at radius 1 is 1.37 bits per heavy atom. The van der Waals surface area contributed by atoms with Gasteiger partial charge in [-0.05, 0) is 24.3 Å². The van der Waals surface area contributed by atoms with Gasteiger partial charge in [-0.1, -0.05) is 6.08 Å². The number of nitrogens with one attached hydrogen (secondary N) is 2. The monoisotopic (exact) mass is 273 g/mol. The van der Waals surface area contributed by atoms with E-state index in [1.165, 1.54) is 0 Å². The van der Waals surface area contributed by atoms with E-state index in [4.69, 9.17) is 0 Å². The highest BCUT2D eigenvalue weighted by Gasteiger charge is 2.03. The Balaban J connectivity index is 1.90. The lowest BCUT2D eigenvalue weighted by Crippen LogP contribution is -2.23. The average molecular weight is 273 g/mol. The molecule has 0 radical (unpaired) electrons. The number of rotatable bonds is 6. The normalized spacial score (nSPS) is 9.89. The van der Waals surface area contributed by atoms with Gasteiger partial charge in [-0.3, -0.25) is 4.79 Å². The molecule has 0 bridgehead atoms. The Bertz CT molecular complexity index is 534. The van der Waals surface area contributed by atoms with Crippen LogP contribution in [0.2, 0.25) is 0 Å². The molecule has 0 aliphatic carbocycles. The van der Waals surface area contributed by atoms with E-state index in [0.717, 1.165) is 11.4 Å². The molecular weight excluding hydrogens is 258 g/mol. The molecule has 19 heavy (non-hydrogen) atoms. The van der Waals surface area contributed by atoms with Crippen molar-refractivity contribution in [2.45, 2.75) is 6.54 Å². The average Bonchev–Trinajstić information content (AvgIpc) is 2.96. The molecule has 0 aliphatic rings. The molecule has 1 heterocycles. The molecule has 0 fully saturated rings. The van der Waals surface area contributed by atoms with Crippen LogP contribution in [0.5, 0.6) is 0 Å². The van der Waals surface area contributed by atoms with Crippen molar-refractivity contribution >= 4 is 22.9 Å². The third-order valence-electron chi connectivity index (χ3n) is 2.51. The molecule has 2 aromatic rings. The number of carbonyl (C=O) groups is 1. The Morgan fingerprint density at radius 2 is 2.16 bits per heavy atom. The van der Waals surface area contributed by atoms with Crippen LogP contribution in [-0.4, -0.2) is 17.4 Å². The molecule has 0 spiro atoms. The van der Waals surface area contributed by atoms with Gasteiger partial charge in [0.25, 0.3) is 5.91 Å². The summed E-state index contributed by atoms with van der Waals surface area (Å²) in [5.41, 5.74) is 4.43. The molecule has 0 saturated carbocycles. The second kappa shape index (κ2) is 6.70. The Morgan fingerprint density at radius 3 is 2.79 bits per heavy atom. The van der Waals surface area contributed by atoms with Crippen LogP contribution < -0.4 is 10.6 Å². The summed E-state index contributed by atoms with van der Waals surface area (Å²) in [6.07, 6.45) is 1.65. The van der Waals surface area contributed by atoms with Crippen LogP contribution >= 0.6 is 11.3 Å². The van der Waals surface area contributed by atoms with Gasteiger partial charge in [0, 0.05) is 23.2 Å². The van der Waals surface area contributed by atoms with Gasteiger partial charge in [0.15, 0.2) is 0 Å². The molecular formula is C14H15N3OS. The lowest BCUT2D eigenvalue weighted by Gasteiger charge is -2.06. The molecule has 2 N–H and O–H groups in total. The molecule has 2 rings (SSSR count). The quantitative estimate of drug-likeness (QED) is 0.796. The highest BCUT2D eigenvalue weighted by Crippen LogP contribution is 2.11. The number of anilines is 1. The van der Waals surface area contributed by atoms with E-state index in [1.807, 2.05) is 23.0 Å². The highest BCUT2D eigenvalue weighted by molar-refractivity contribution is 7.07. The molecule has 1 aromatic heterocycles. The third kappa shape index (κ3) is 3.93. The first-order valence-electron chi connectivity index (χ1n) is 5.89. The summed E-state index contributed by atoms with van der Waals surface area (Å²) in [4.78, 5) is 15.9. The van der Waals surface area contributed by atoms with Gasteiger partial charge < -0.3 is 10.6 Å². The Kier molecular flexibility index (Phi) is 4.69. The molecule has 4 nitrogen and oxygen atoms in total. The summed E-state index contributed by atoms with van der Waals surface area (Å²) in [6.45, 7) is 4.72. The van der Waals surface area contributed by atoms with Crippen molar-refractivity contribution in [2.24, 2.45) is 0 Å². The smallest absolute Gasteiger partial charge is 0.251 e. The van der Waals surface area contributed by atoms with Crippen molar-refractivity contribution in [3.63, 3.8) is 0 Å². The predicted molar refractivity (Wildman–Crippen MR) is 78.4 cm³/mol. The van der Waals surface area contributed by atoms with Crippen LogP contribution in [0.15, 0.2) is 47.8 Å². The number of hydrogen-bond acceptors (Lipinski definition) is 4. The minimum atomic E-state index is -0.0917. The number of nitrogens with zero attached hydrogens (tertiary/aromatic N) is 1. The first-order valence-corrected chi connectivity index (χ1v) is 6.84. The zero-order valence-corrected chi connectivity index (χ0v) is 11.2.